The minimum atomic E-state index is 0. The Morgan fingerprint density at radius 1 is 1.36 bits per heavy atom. The Bertz CT molecular complexity index is 939. The highest BCUT2D eigenvalue weighted by atomic mass is 35.5. The highest BCUT2D eigenvalue weighted by Gasteiger charge is 2.27. The first-order valence-electron chi connectivity index (χ1n) is 9.00. The van der Waals surface area contributed by atoms with Crippen molar-refractivity contribution in [3.05, 3.63) is 36.2 Å². The summed E-state index contributed by atoms with van der Waals surface area (Å²) in [5, 5.41) is 8.57. The van der Waals surface area contributed by atoms with Gasteiger partial charge in [0, 0.05) is 31.7 Å². The molecule has 1 atom stereocenters. The number of hydrogen-bond acceptors (Lipinski definition) is 5. The van der Waals surface area contributed by atoms with Crippen LogP contribution in [0.1, 0.15) is 37.2 Å². The summed E-state index contributed by atoms with van der Waals surface area (Å²) in [6, 6.07) is 5.79. The predicted octanol–water partition coefficient (Wildman–Crippen LogP) is 3.55. The van der Waals surface area contributed by atoms with Gasteiger partial charge in [-0.25, -0.2) is 9.67 Å². The number of halogens is 2. The zero-order chi connectivity index (χ0) is 18.3. The topological polar surface area (TPSA) is 76.2 Å². The number of fused-ring (bicyclic) bond motifs is 1. The number of rotatable bonds is 3. The van der Waals surface area contributed by atoms with Crippen LogP contribution in [0.5, 0.6) is 0 Å². The van der Waals surface area contributed by atoms with Crippen LogP contribution in [-0.2, 0) is 0 Å². The van der Waals surface area contributed by atoms with Crippen molar-refractivity contribution >= 4 is 41.8 Å². The van der Waals surface area contributed by atoms with E-state index in [0.29, 0.717) is 29.2 Å². The van der Waals surface area contributed by atoms with Gasteiger partial charge in [-0.2, -0.15) is 5.10 Å². The molecule has 1 aliphatic rings. The molecule has 0 spiro atoms. The molecule has 0 aromatic carbocycles. The molecule has 1 amide bonds. The van der Waals surface area contributed by atoms with E-state index < -0.39 is 0 Å². The van der Waals surface area contributed by atoms with Gasteiger partial charge in [0.25, 0.3) is 5.91 Å². The maximum absolute atomic E-state index is 13.3. The molecule has 1 N–H and O–H groups in total. The fourth-order valence-electron chi connectivity index (χ4n) is 3.42. The number of carbonyl (C=O) groups is 1. The second kappa shape index (κ2) is 8.94. The molecule has 0 aliphatic carbocycles. The van der Waals surface area contributed by atoms with Crippen LogP contribution in [-0.4, -0.2) is 51.2 Å². The van der Waals surface area contributed by atoms with Crippen molar-refractivity contribution in [2.75, 3.05) is 19.6 Å². The number of nitrogens with zero attached hydrogens (tertiary/aromatic N) is 4. The van der Waals surface area contributed by atoms with Gasteiger partial charge in [-0.05, 0) is 39.0 Å². The van der Waals surface area contributed by atoms with Crippen molar-refractivity contribution in [1.82, 2.24) is 25.0 Å². The maximum atomic E-state index is 13.3. The summed E-state index contributed by atoms with van der Waals surface area (Å²) in [5.74, 6) is 0.660. The summed E-state index contributed by atoms with van der Waals surface area (Å²) in [7, 11) is 0. The highest BCUT2D eigenvalue weighted by molar-refractivity contribution is 6.06. The summed E-state index contributed by atoms with van der Waals surface area (Å²) in [6.07, 6.45) is 3.36. The fraction of sp³-hybridized carbons (Fsp3) is 0.421. The van der Waals surface area contributed by atoms with Gasteiger partial charge in [0.05, 0.1) is 23.4 Å². The maximum Gasteiger partial charge on any atom is 0.255 e. The van der Waals surface area contributed by atoms with Crippen LogP contribution in [0.3, 0.4) is 0 Å². The molecule has 1 aliphatic heterocycles. The third-order valence-corrected chi connectivity index (χ3v) is 4.82. The smallest absolute Gasteiger partial charge is 0.255 e. The van der Waals surface area contributed by atoms with Crippen molar-refractivity contribution in [3.63, 3.8) is 0 Å². The fourth-order valence-corrected chi connectivity index (χ4v) is 3.42. The van der Waals surface area contributed by atoms with E-state index >= 15 is 0 Å². The van der Waals surface area contributed by atoms with Crippen LogP contribution < -0.4 is 5.32 Å². The molecule has 0 bridgehead atoms. The number of hydrogen-bond donors (Lipinski definition) is 1. The summed E-state index contributed by atoms with van der Waals surface area (Å²) in [6.45, 7) is 8.46. The molecule has 9 heteroatoms. The van der Waals surface area contributed by atoms with E-state index in [1.54, 1.807) is 12.5 Å². The van der Waals surface area contributed by atoms with E-state index in [-0.39, 0.29) is 42.8 Å². The number of carbonyl (C=O) groups excluding carboxylic acids is 1. The third kappa shape index (κ3) is 3.87. The zero-order valence-electron chi connectivity index (χ0n) is 16.1. The lowest BCUT2D eigenvalue weighted by Crippen LogP contribution is -2.52. The molecule has 152 valence electrons. The SMILES string of the molecule is CC1CNCCN1C(=O)c1cc(-c2ccco2)nc2c1cnn2C(C)C.Cl.Cl. The lowest BCUT2D eigenvalue weighted by Gasteiger charge is -2.34. The second-order valence-electron chi connectivity index (χ2n) is 7.00. The van der Waals surface area contributed by atoms with Crippen LogP contribution in [0.15, 0.2) is 35.1 Å². The number of piperazine rings is 1. The number of aromatic nitrogens is 3. The Morgan fingerprint density at radius 3 is 2.79 bits per heavy atom. The van der Waals surface area contributed by atoms with E-state index in [2.05, 4.69) is 17.3 Å². The van der Waals surface area contributed by atoms with Gasteiger partial charge in [0.15, 0.2) is 11.4 Å². The number of amides is 1. The molecule has 3 aromatic heterocycles. The zero-order valence-corrected chi connectivity index (χ0v) is 17.7. The van der Waals surface area contributed by atoms with Gasteiger partial charge in [0.1, 0.15) is 5.69 Å². The lowest BCUT2D eigenvalue weighted by molar-refractivity contribution is 0.0658. The molecular formula is C19H25Cl2N5O2. The number of furan rings is 1. The monoisotopic (exact) mass is 425 g/mol. The van der Waals surface area contributed by atoms with Crippen LogP contribution in [0.25, 0.3) is 22.5 Å². The molecule has 4 heterocycles. The first kappa shape index (κ1) is 22.2. The van der Waals surface area contributed by atoms with Gasteiger partial charge in [-0.1, -0.05) is 0 Å². The Morgan fingerprint density at radius 2 is 2.14 bits per heavy atom. The Hall–Kier alpha value is -2.09. The summed E-state index contributed by atoms with van der Waals surface area (Å²) in [5.41, 5.74) is 1.98. The van der Waals surface area contributed by atoms with Gasteiger partial charge in [-0.3, -0.25) is 4.79 Å². The second-order valence-corrected chi connectivity index (χ2v) is 7.00. The van der Waals surface area contributed by atoms with Gasteiger partial charge < -0.3 is 14.6 Å². The minimum Gasteiger partial charge on any atom is -0.463 e. The molecule has 4 rings (SSSR count). The van der Waals surface area contributed by atoms with E-state index in [1.807, 2.05) is 41.6 Å². The molecule has 1 fully saturated rings. The molecule has 1 saturated heterocycles. The van der Waals surface area contributed by atoms with Crippen molar-refractivity contribution in [1.29, 1.82) is 0 Å². The van der Waals surface area contributed by atoms with Crippen molar-refractivity contribution in [2.24, 2.45) is 0 Å². The van der Waals surface area contributed by atoms with E-state index in [9.17, 15) is 4.79 Å². The first-order valence-corrected chi connectivity index (χ1v) is 9.00. The van der Waals surface area contributed by atoms with Crippen LogP contribution in [0, 0.1) is 0 Å². The highest BCUT2D eigenvalue weighted by Crippen LogP contribution is 2.28. The van der Waals surface area contributed by atoms with E-state index in [1.165, 1.54) is 0 Å². The Labute approximate surface area is 176 Å². The quantitative estimate of drug-likeness (QED) is 0.693. The Balaban J connectivity index is 0.00000140. The lowest BCUT2D eigenvalue weighted by atomic mass is 10.1. The van der Waals surface area contributed by atoms with Crippen LogP contribution in [0.4, 0.5) is 0 Å². The molecular weight excluding hydrogens is 401 g/mol. The Kier molecular flexibility index (Phi) is 7.09. The predicted molar refractivity (Wildman–Crippen MR) is 113 cm³/mol. The molecule has 0 radical (unpaired) electrons. The molecule has 1 unspecified atom stereocenters. The van der Waals surface area contributed by atoms with Crippen molar-refractivity contribution in [2.45, 2.75) is 32.9 Å². The summed E-state index contributed by atoms with van der Waals surface area (Å²) in [4.78, 5) is 20.0. The number of pyridine rings is 1. The summed E-state index contributed by atoms with van der Waals surface area (Å²) >= 11 is 0. The van der Waals surface area contributed by atoms with Crippen LogP contribution in [0.2, 0.25) is 0 Å². The molecule has 28 heavy (non-hydrogen) atoms. The normalized spacial score (nSPS) is 16.7. The van der Waals surface area contributed by atoms with Crippen LogP contribution >= 0.6 is 24.8 Å². The van der Waals surface area contributed by atoms with Gasteiger partial charge >= 0.3 is 0 Å². The van der Waals surface area contributed by atoms with Gasteiger partial charge in [-0.15, -0.1) is 24.8 Å². The minimum absolute atomic E-state index is 0. The van der Waals surface area contributed by atoms with E-state index in [0.717, 1.165) is 18.5 Å². The average molecular weight is 426 g/mol. The van der Waals surface area contributed by atoms with Gasteiger partial charge in [0.2, 0.25) is 0 Å². The molecule has 3 aromatic rings. The standard InChI is InChI=1S/C19H23N5O2.2ClH/c1-12(2)24-18-15(11-21-24)14(9-16(22-18)17-5-4-8-26-17)19(25)23-7-6-20-10-13(23)3;;/h4-5,8-9,11-13,20H,6-7,10H2,1-3H3;2*1H. The largest absolute Gasteiger partial charge is 0.463 e. The summed E-state index contributed by atoms with van der Waals surface area (Å²) < 4.78 is 7.37. The first-order chi connectivity index (χ1) is 12.6. The molecule has 0 saturated carbocycles. The average Bonchev–Trinajstić information content (AvgIpc) is 3.30. The molecule has 7 nitrogen and oxygen atoms in total. The van der Waals surface area contributed by atoms with E-state index in [4.69, 9.17) is 9.40 Å². The van der Waals surface area contributed by atoms with Crippen molar-refractivity contribution < 1.29 is 9.21 Å². The van der Waals surface area contributed by atoms with Crippen molar-refractivity contribution in [3.8, 4) is 11.5 Å². The number of nitrogens with one attached hydrogen (secondary N) is 1. The third-order valence-electron chi connectivity index (χ3n) is 4.82.